The molecule has 1 heterocycles. The number of imide groups is 2. The number of aromatic nitrogens is 2. The van der Waals surface area contributed by atoms with Crippen LogP contribution in [0.4, 0.5) is 24.8 Å². The molecular weight excluding hydrogens is 834 g/mol. The molecule has 0 saturated carbocycles. The molecule has 15 nitrogen and oxygen atoms in total. The van der Waals surface area contributed by atoms with Crippen molar-refractivity contribution in [1.29, 1.82) is 0 Å². The van der Waals surface area contributed by atoms with Crippen LogP contribution in [0.2, 0.25) is 0 Å². The first-order chi connectivity index (χ1) is 30.6. The minimum atomic E-state index is -4.49. The number of carbonyl (C=O) groups is 6. The van der Waals surface area contributed by atoms with Gasteiger partial charge in [0.05, 0.1) is 16.6 Å². The maximum Gasteiger partial charge on any atom is 0.416 e. The Hall–Kier alpha value is -7.34. The Morgan fingerprint density at radius 3 is 2.30 bits per heavy atom. The first-order valence-electron chi connectivity index (χ1n) is 20.2. The lowest BCUT2D eigenvalue weighted by atomic mass is 9.98. The SMILES string of the molecule is CNCCNc1cccc(C(=O)N(C=O)C(C)CCC(=O)NC=O)c1C.Cc1ccc2nc(NC(=O)/C(CCc3ccc(OCC=O)cc3)=C(\N)c3ccc(C(F)(F)F)cc3)[nH]c2c1. The van der Waals surface area contributed by atoms with Gasteiger partial charge in [-0.1, -0.05) is 36.4 Å². The molecule has 0 spiro atoms. The molecule has 0 fully saturated rings. The third-order valence-electron chi connectivity index (χ3n) is 9.98. The third kappa shape index (κ3) is 14.1. The monoisotopic (exact) mass is 884 g/mol. The van der Waals surface area contributed by atoms with Crippen molar-refractivity contribution >= 4 is 65.2 Å². The molecule has 338 valence electrons. The highest BCUT2D eigenvalue weighted by Gasteiger charge is 2.30. The van der Waals surface area contributed by atoms with Gasteiger partial charge >= 0.3 is 6.18 Å². The van der Waals surface area contributed by atoms with Crippen molar-refractivity contribution in [3.63, 3.8) is 0 Å². The number of amides is 5. The molecule has 0 radical (unpaired) electrons. The Kier molecular flexibility index (Phi) is 18.3. The molecule has 7 N–H and O–H groups in total. The van der Waals surface area contributed by atoms with Gasteiger partial charge in [-0.25, -0.2) is 4.98 Å². The van der Waals surface area contributed by atoms with Gasteiger partial charge in [0, 0.05) is 48.1 Å². The van der Waals surface area contributed by atoms with Crippen LogP contribution in [0.15, 0.2) is 90.5 Å². The number of aryl methyl sites for hydroxylation is 2. The number of anilines is 2. The zero-order chi connectivity index (χ0) is 46.8. The topological polar surface area (TPSA) is 218 Å². The number of alkyl halides is 3. The van der Waals surface area contributed by atoms with E-state index in [0.29, 0.717) is 54.5 Å². The standard InChI is InChI=1S/C28H25F3N4O3.C18H26N4O4/c1-17-2-13-23-24(16-17)34-27(33-23)35-26(37)22(12-5-18-3-10-21(11-4-18)38-15-14-36)25(32)19-6-8-20(9-7-19)28(29,30)31;1-13(7-8-17(25)21-11-23)22(12-24)18(26)15-5-4-6-16(14(15)2)20-10-9-19-3/h2-4,6-11,13-14,16H,5,12,15,32H2,1H3,(H2,33,34,35,37);4-6,11-13,19-20H,7-10H2,1-3H3,(H,21,23,25)/b25-22-;. The number of hydrogen-bond acceptors (Lipinski definition) is 11. The van der Waals surface area contributed by atoms with Crippen LogP contribution >= 0.6 is 0 Å². The number of likely N-dealkylation sites (N-methyl/N-ethyl adjacent to an activating group) is 1. The van der Waals surface area contributed by atoms with E-state index in [1.807, 2.05) is 50.5 Å². The van der Waals surface area contributed by atoms with Gasteiger partial charge in [0.1, 0.15) is 12.4 Å². The average Bonchev–Trinajstić information content (AvgIpc) is 3.67. The number of hydrogen-bond donors (Lipinski definition) is 6. The summed E-state index contributed by atoms with van der Waals surface area (Å²) >= 11 is 0. The molecular formula is C46H51F3N8O7. The number of ether oxygens (including phenoxy) is 1. The van der Waals surface area contributed by atoms with Crippen molar-refractivity contribution in [2.75, 3.05) is 37.4 Å². The molecule has 1 atom stereocenters. The summed E-state index contributed by atoms with van der Waals surface area (Å²) in [6.45, 7) is 6.86. The van der Waals surface area contributed by atoms with Crippen LogP contribution in [0.5, 0.6) is 5.75 Å². The lowest BCUT2D eigenvalue weighted by molar-refractivity contribution is -0.137. The van der Waals surface area contributed by atoms with Crippen molar-refractivity contribution in [3.05, 3.63) is 124 Å². The van der Waals surface area contributed by atoms with E-state index in [2.05, 4.69) is 25.9 Å². The van der Waals surface area contributed by atoms with Gasteiger partial charge in [-0.05, 0) is 118 Å². The predicted molar refractivity (Wildman–Crippen MR) is 237 cm³/mol. The summed E-state index contributed by atoms with van der Waals surface area (Å²) < 4.78 is 44.3. The number of H-pyrrole nitrogens is 1. The first-order valence-corrected chi connectivity index (χ1v) is 20.2. The number of aldehydes is 1. The quantitative estimate of drug-likeness (QED) is 0.0299. The van der Waals surface area contributed by atoms with Crippen molar-refractivity contribution in [1.82, 2.24) is 25.5 Å². The van der Waals surface area contributed by atoms with E-state index in [0.717, 1.165) is 51.5 Å². The highest BCUT2D eigenvalue weighted by Crippen LogP contribution is 2.31. The van der Waals surface area contributed by atoms with E-state index in [1.165, 1.54) is 12.1 Å². The molecule has 0 bridgehead atoms. The van der Waals surface area contributed by atoms with Crippen LogP contribution in [0, 0.1) is 13.8 Å². The minimum Gasteiger partial charge on any atom is -0.486 e. The Labute approximate surface area is 368 Å². The average molecular weight is 885 g/mol. The van der Waals surface area contributed by atoms with Crippen LogP contribution in [0.25, 0.3) is 16.7 Å². The van der Waals surface area contributed by atoms with E-state index in [9.17, 15) is 41.9 Å². The second-order valence-corrected chi connectivity index (χ2v) is 14.5. The number of carbonyl (C=O) groups excluding carboxylic acids is 6. The van der Waals surface area contributed by atoms with Crippen molar-refractivity contribution in [3.8, 4) is 5.75 Å². The number of nitrogens with two attached hydrogens (primary N) is 1. The van der Waals surface area contributed by atoms with Gasteiger partial charge in [0.15, 0.2) is 6.29 Å². The molecule has 64 heavy (non-hydrogen) atoms. The lowest BCUT2D eigenvalue weighted by Gasteiger charge is -2.24. The summed E-state index contributed by atoms with van der Waals surface area (Å²) in [5.74, 6) is -0.636. The summed E-state index contributed by atoms with van der Waals surface area (Å²) in [4.78, 5) is 78.2. The largest absolute Gasteiger partial charge is 0.486 e. The van der Waals surface area contributed by atoms with Crippen LogP contribution in [0.1, 0.15) is 64.4 Å². The number of aromatic amines is 1. The van der Waals surface area contributed by atoms with Crippen LogP contribution in [-0.4, -0.2) is 84.5 Å². The van der Waals surface area contributed by atoms with Gasteiger partial charge in [0.2, 0.25) is 24.7 Å². The highest BCUT2D eigenvalue weighted by atomic mass is 19.4. The van der Waals surface area contributed by atoms with Gasteiger partial charge in [0.25, 0.3) is 11.8 Å². The summed E-state index contributed by atoms with van der Waals surface area (Å²) in [5, 5.41) is 11.0. The van der Waals surface area contributed by atoms with Gasteiger partial charge in [-0.3, -0.25) is 44.3 Å². The summed E-state index contributed by atoms with van der Waals surface area (Å²) in [5.41, 5.74) is 11.4. The van der Waals surface area contributed by atoms with E-state index >= 15 is 0 Å². The maximum atomic E-state index is 13.3. The summed E-state index contributed by atoms with van der Waals surface area (Å²) in [6.07, 6.45) is -2.12. The molecule has 4 aromatic carbocycles. The molecule has 5 amide bonds. The first kappa shape index (κ1) is 49.3. The number of benzene rings is 4. The fraction of sp³-hybridized carbons (Fsp3) is 0.283. The smallest absolute Gasteiger partial charge is 0.416 e. The fourth-order valence-corrected chi connectivity index (χ4v) is 6.39. The maximum absolute atomic E-state index is 13.3. The number of nitrogens with zero attached hydrogens (tertiary/aromatic N) is 2. The molecule has 0 saturated heterocycles. The Morgan fingerprint density at radius 2 is 1.66 bits per heavy atom. The van der Waals surface area contributed by atoms with Crippen LogP contribution < -0.4 is 31.7 Å². The number of rotatable bonds is 20. The second kappa shape index (κ2) is 23.8. The number of nitrogens with one attached hydrogen (secondary N) is 5. The summed E-state index contributed by atoms with van der Waals surface area (Å²) in [7, 11) is 1.85. The zero-order valence-corrected chi connectivity index (χ0v) is 35.8. The molecule has 0 aliphatic rings. The Balaban J connectivity index is 0.000000303. The number of imidazole rings is 1. The predicted octanol–water partition coefficient (Wildman–Crippen LogP) is 6.08. The molecule has 18 heteroatoms. The van der Waals surface area contributed by atoms with Gasteiger partial charge in [-0.2, -0.15) is 13.2 Å². The summed E-state index contributed by atoms with van der Waals surface area (Å²) in [6, 6.07) is 21.8. The normalized spacial score (nSPS) is 11.9. The molecule has 1 unspecified atom stereocenters. The van der Waals surface area contributed by atoms with E-state index < -0.39 is 35.5 Å². The molecule has 5 rings (SSSR count). The molecule has 1 aromatic heterocycles. The third-order valence-corrected chi connectivity index (χ3v) is 9.98. The molecule has 5 aromatic rings. The van der Waals surface area contributed by atoms with Gasteiger partial charge in [-0.15, -0.1) is 0 Å². The second-order valence-electron chi connectivity index (χ2n) is 14.5. The molecule has 0 aliphatic heterocycles. The zero-order valence-electron chi connectivity index (χ0n) is 35.8. The van der Waals surface area contributed by atoms with Crippen molar-refractivity contribution in [2.45, 2.75) is 58.7 Å². The van der Waals surface area contributed by atoms with Crippen LogP contribution in [0.3, 0.4) is 0 Å². The van der Waals surface area contributed by atoms with E-state index in [4.69, 9.17) is 10.5 Å². The van der Waals surface area contributed by atoms with E-state index in [-0.39, 0.29) is 43.1 Å². The number of fused-ring (bicyclic) bond motifs is 1. The highest BCUT2D eigenvalue weighted by molar-refractivity contribution is 6.08. The number of halogens is 3. The van der Waals surface area contributed by atoms with Gasteiger partial charge < -0.3 is 26.1 Å². The Bertz CT molecular complexity index is 2430. The lowest BCUT2D eigenvalue weighted by Crippen LogP contribution is -2.38. The van der Waals surface area contributed by atoms with Crippen molar-refractivity contribution < 1.29 is 46.7 Å². The van der Waals surface area contributed by atoms with Crippen molar-refractivity contribution in [2.24, 2.45) is 5.73 Å². The minimum absolute atomic E-state index is 0.0438. The van der Waals surface area contributed by atoms with E-state index in [1.54, 1.807) is 43.3 Å². The van der Waals surface area contributed by atoms with Crippen LogP contribution in [-0.2, 0) is 36.6 Å². The molecule has 0 aliphatic carbocycles. The fourth-order valence-electron chi connectivity index (χ4n) is 6.39. The Morgan fingerprint density at radius 1 is 0.938 bits per heavy atom.